The number of carbonyl (C=O) groups is 2. The molecule has 1 saturated carbocycles. The van der Waals surface area contributed by atoms with Crippen molar-refractivity contribution in [1.29, 1.82) is 0 Å². The Labute approximate surface area is 203 Å². The van der Waals surface area contributed by atoms with E-state index in [1.54, 1.807) is 17.0 Å². The summed E-state index contributed by atoms with van der Waals surface area (Å²) in [5.41, 5.74) is 2.67. The third kappa shape index (κ3) is 4.60. The highest BCUT2D eigenvalue weighted by molar-refractivity contribution is 7.99. The predicted molar refractivity (Wildman–Crippen MR) is 133 cm³/mol. The second-order valence-electron chi connectivity index (χ2n) is 9.14. The van der Waals surface area contributed by atoms with Gasteiger partial charge >= 0.3 is 0 Å². The molecule has 174 valence electrons. The van der Waals surface area contributed by atoms with Crippen LogP contribution in [0.3, 0.4) is 0 Å². The molecule has 3 aromatic rings. The van der Waals surface area contributed by atoms with Crippen molar-refractivity contribution in [3.63, 3.8) is 0 Å². The topological polar surface area (TPSA) is 49.4 Å². The highest BCUT2D eigenvalue weighted by Crippen LogP contribution is 2.42. The van der Waals surface area contributed by atoms with Gasteiger partial charge in [-0.25, -0.2) is 4.39 Å². The summed E-state index contributed by atoms with van der Waals surface area (Å²) in [7, 11) is 0. The van der Waals surface area contributed by atoms with Gasteiger partial charge in [-0.3, -0.25) is 9.59 Å². The summed E-state index contributed by atoms with van der Waals surface area (Å²) in [6, 6.07) is 19.5. The van der Waals surface area contributed by atoms with Gasteiger partial charge in [-0.2, -0.15) is 0 Å². The molecular weight excluding hydrogens is 447 g/mol. The van der Waals surface area contributed by atoms with E-state index in [1.807, 2.05) is 42.5 Å². The monoisotopic (exact) mass is 474 g/mol. The molecule has 0 spiro atoms. The molecule has 3 aromatic carbocycles. The molecule has 34 heavy (non-hydrogen) atoms. The summed E-state index contributed by atoms with van der Waals surface area (Å²) in [6.07, 6.45) is 4.47. The van der Waals surface area contributed by atoms with Crippen LogP contribution in [0.1, 0.15) is 58.9 Å². The van der Waals surface area contributed by atoms with E-state index >= 15 is 0 Å². The average Bonchev–Trinajstić information content (AvgIpc) is 2.96. The van der Waals surface area contributed by atoms with E-state index in [0.717, 1.165) is 34.6 Å². The standard InChI is InChI=1S/C28H27FN2O2S/c1-18-6-2-4-8-23(18)30-27(32)20-12-15-26-24(16-20)31(17-19-10-13-21(29)14-11-19)28(33)22-7-3-5-9-25(22)34-26/h3,5,7,9-16,18,23H,2,4,6,8,17H2,1H3,(H,30,32)/t18-,23+/m1/s1. The zero-order valence-corrected chi connectivity index (χ0v) is 19.9. The normalized spacial score (nSPS) is 19.7. The number of nitrogens with zero attached hydrogens (tertiary/aromatic N) is 1. The Morgan fingerprint density at radius 1 is 1.03 bits per heavy atom. The third-order valence-electron chi connectivity index (χ3n) is 6.78. The van der Waals surface area contributed by atoms with Crippen molar-refractivity contribution in [2.45, 2.75) is 55.0 Å². The van der Waals surface area contributed by atoms with Gasteiger partial charge in [0.15, 0.2) is 0 Å². The number of nitrogens with one attached hydrogen (secondary N) is 1. The zero-order chi connectivity index (χ0) is 23.7. The lowest BCUT2D eigenvalue weighted by Crippen LogP contribution is -2.41. The molecule has 1 heterocycles. The molecule has 0 bridgehead atoms. The van der Waals surface area contributed by atoms with Crippen LogP contribution >= 0.6 is 11.8 Å². The Balaban J connectivity index is 1.51. The lowest BCUT2D eigenvalue weighted by molar-refractivity contribution is 0.0908. The maximum absolute atomic E-state index is 13.6. The van der Waals surface area contributed by atoms with Gasteiger partial charge in [0.1, 0.15) is 5.82 Å². The molecule has 1 aliphatic carbocycles. The first-order valence-corrected chi connectivity index (χ1v) is 12.6. The molecule has 2 amide bonds. The fraction of sp³-hybridized carbons (Fsp3) is 0.286. The molecule has 0 radical (unpaired) electrons. The van der Waals surface area contributed by atoms with E-state index < -0.39 is 0 Å². The molecule has 5 rings (SSSR count). The highest BCUT2D eigenvalue weighted by atomic mass is 32.2. The van der Waals surface area contributed by atoms with E-state index in [0.29, 0.717) is 22.7 Å². The van der Waals surface area contributed by atoms with Crippen LogP contribution in [0.2, 0.25) is 0 Å². The maximum Gasteiger partial charge on any atom is 0.259 e. The minimum absolute atomic E-state index is 0.109. The minimum Gasteiger partial charge on any atom is -0.349 e. The first-order chi connectivity index (χ1) is 16.5. The van der Waals surface area contributed by atoms with Gasteiger partial charge in [0.05, 0.1) is 17.8 Å². The Bertz CT molecular complexity index is 1230. The Morgan fingerprint density at radius 2 is 1.79 bits per heavy atom. The summed E-state index contributed by atoms with van der Waals surface area (Å²) >= 11 is 1.53. The molecular formula is C28H27FN2O2S. The fourth-order valence-electron chi connectivity index (χ4n) is 4.77. The third-order valence-corrected chi connectivity index (χ3v) is 7.92. The van der Waals surface area contributed by atoms with Crippen molar-refractivity contribution in [3.8, 4) is 0 Å². The summed E-state index contributed by atoms with van der Waals surface area (Å²) in [6.45, 7) is 2.48. The van der Waals surface area contributed by atoms with Crippen LogP contribution in [0, 0.1) is 11.7 Å². The van der Waals surface area contributed by atoms with Gasteiger partial charge in [-0.15, -0.1) is 0 Å². The number of carbonyl (C=O) groups excluding carboxylic acids is 2. The van der Waals surface area contributed by atoms with Crippen LogP contribution in [-0.4, -0.2) is 17.9 Å². The molecule has 2 atom stereocenters. The molecule has 6 heteroatoms. The van der Waals surface area contributed by atoms with Crippen molar-refractivity contribution in [2.75, 3.05) is 4.90 Å². The largest absolute Gasteiger partial charge is 0.349 e. The highest BCUT2D eigenvalue weighted by Gasteiger charge is 2.29. The van der Waals surface area contributed by atoms with Crippen LogP contribution in [0.5, 0.6) is 0 Å². The van der Waals surface area contributed by atoms with E-state index in [2.05, 4.69) is 12.2 Å². The Hall–Kier alpha value is -3.12. The number of benzene rings is 3. The lowest BCUT2D eigenvalue weighted by atomic mass is 9.86. The van der Waals surface area contributed by atoms with Gasteiger partial charge in [0.25, 0.3) is 11.8 Å². The molecule has 0 aromatic heterocycles. The van der Waals surface area contributed by atoms with Crippen molar-refractivity contribution < 1.29 is 14.0 Å². The number of halogens is 1. The average molecular weight is 475 g/mol. The van der Waals surface area contributed by atoms with Crippen molar-refractivity contribution >= 4 is 29.3 Å². The smallest absolute Gasteiger partial charge is 0.259 e. The molecule has 1 aliphatic heterocycles. The van der Waals surface area contributed by atoms with Crippen molar-refractivity contribution in [2.24, 2.45) is 5.92 Å². The molecule has 0 unspecified atom stereocenters. The van der Waals surface area contributed by atoms with Crippen molar-refractivity contribution in [1.82, 2.24) is 5.32 Å². The lowest BCUT2D eigenvalue weighted by Gasteiger charge is -2.29. The summed E-state index contributed by atoms with van der Waals surface area (Å²) in [4.78, 5) is 30.3. The van der Waals surface area contributed by atoms with E-state index in [1.165, 1.54) is 30.3 Å². The van der Waals surface area contributed by atoms with Gasteiger partial charge in [0.2, 0.25) is 0 Å². The SMILES string of the molecule is C[C@@H]1CCCC[C@@H]1NC(=O)c1ccc2c(c1)N(Cc1ccc(F)cc1)C(=O)c1ccccc1S2. The molecule has 1 N–H and O–H groups in total. The van der Waals surface area contributed by atoms with Gasteiger partial charge < -0.3 is 10.2 Å². The molecule has 4 nitrogen and oxygen atoms in total. The maximum atomic E-state index is 13.6. The van der Waals surface area contributed by atoms with Crippen molar-refractivity contribution in [3.05, 3.63) is 89.2 Å². The summed E-state index contributed by atoms with van der Waals surface area (Å²) < 4.78 is 13.5. The first-order valence-electron chi connectivity index (χ1n) is 11.8. The second-order valence-corrected chi connectivity index (χ2v) is 10.2. The summed E-state index contributed by atoms with van der Waals surface area (Å²) in [5, 5.41) is 3.22. The van der Waals surface area contributed by atoms with Gasteiger partial charge in [0, 0.05) is 21.4 Å². The van der Waals surface area contributed by atoms with E-state index in [4.69, 9.17) is 0 Å². The second kappa shape index (κ2) is 9.63. The zero-order valence-electron chi connectivity index (χ0n) is 19.1. The number of fused-ring (bicyclic) bond motifs is 2. The van der Waals surface area contributed by atoms with Crippen LogP contribution < -0.4 is 10.2 Å². The van der Waals surface area contributed by atoms with Crippen LogP contribution in [0.4, 0.5) is 10.1 Å². The molecule has 2 aliphatic rings. The minimum atomic E-state index is -0.317. The Kier molecular flexibility index (Phi) is 6.42. The number of rotatable bonds is 4. The van der Waals surface area contributed by atoms with E-state index in [-0.39, 0.29) is 30.2 Å². The van der Waals surface area contributed by atoms with Gasteiger partial charge in [-0.05, 0) is 66.8 Å². The molecule has 0 saturated heterocycles. The number of amides is 2. The van der Waals surface area contributed by atoms with Crippen LogP contribution in [-0.2, 0) is 6.54 Å². The van der Waals surface area contributed by atoms with E-state index in [9.17, 15) is 14.0 Å². The Morgan fingerprint density at radius 3 is 2.59 bits per heavy atom. The first kappa shape index (κ1) is 22.7. The molecule has 1 fully saturated rings. The van der Waals surface area contributed by atoms with Crippen LogP contribution in [0.25, 0.3) is 0 Å². The number of anilines is 1. The quantitative estimate of drug-likeness (QED) is 0.473. The number of hydrogen-bond acceptors (Lipinski definition) is 3. The summed E-state index contributed by atoms with van der Waals surface area (Å²) in [5.74, 6) is -0.101. The van der Waals surface area contributed by atoms with Gasteiger partial charge in [-0.1, -0.05) is 55.8 Å². The predicted octanol–water partition coefficient (Wildman–Crippen LogP) is 6.45. The number of hydrogen-bond donors (Lipinski definition) is 1. The fourth-order valence-corrected chi connectivity index (χ4v) is 5.83. The van der Waals surface area contributed by atoms with Crippen LogP contribution in [0.15, 0.2) is 76.5 Å².